The summed E-state index contributed by atoms with van der Waals surface area (Å²) in [4.78, 5) is 62.9. The molecule has 1 saturated heterocycles. The summed E-state index contributed by atoms with van der Waals surface area (Å²) in [5.74, 6) is -0.913. The highest BCUT2D eigenvalue weighted by Gasteiger charge is 2.64. The molecule has 0 bridgehead atoms. The number of aryl methyl sites for hydroxylation is 2. The molecule has 3 aliphatic heterocycles. The van der Waals surface area contributed by atoms with E-state index < -0.39 is 73.8 Å². The summed E-state index contributed by atoms with van der Waals surface area (Å²) in [7, 11) is -2.38. The van der Waals surface area contributed by atoms with Crippen LogP contribution in [0.1, 0.15) is 103 Å². The lowest BCUT2D eigenvalue weighted by Gasteiger charge is -2.36. The van der Waals surface area contributed by atoms with Gasteiger partial charge in [0.25, 0.3) is 5.91 Å². The molecule has 1 aromatic carbocycles. The van der Waals surface area contributed by atoms with Crippen LogP contribution < -0.4 is 24.8 Å². The van der Waals surface area contributed by atoms with Crippen LogP contribution in [0.3, 0.4) is 0 Å². The third-order valence-electron chi connectivity index (χ3n) is 12.7. The number of aromatic nitrogens is 1. The van der Waals surface area contributed by atoms with Crippen molar-refractivity contribution < 1.29 is 41.8 Å². The number of alkyl carbamates (subject to hydrolysis) is 1. The standard InChI is InChI=1S/C41H55N5O9S/c1-24(2)26(4)54-38(50)43-32-13-11-9-7-8-10-12-27-21-41(27,37(49)45-56(51,52)39(5)18-19-39)44-35(47)33-22-40(23-46(33)36(32)48)17-16-29-30-20-28(53-6)14-15-31(30)42-25(3)34(29)55-40/h10,12,14-15,20,24,26-27,32-33H,7-9,11,13,16-19,21-23H2,1-6H3,(H,43,50)(H,44,47)(H,45,49)/b12-10-/t26-,27+,32-,33-,40+,41+/m0/s1. The first kappa shape index (κ1) is 39.8. The van der Waals surface area contributed by atoms with Gasteiger partial charge in [-0.1, -0.05) is 38.8 Å². The lowest BCUT2D eigenvalue weighted by atomic mass is 9.87. The molecule has 56 heavy (non-hydrogen) atoms. The third kappa shape index (κ3) is 7.55. The lowest BCUT2D eigenvalue weighted by molar-refractivity contribution is -0.141. The Morgan fingerprint density at radius 2 is 1.86 bits per heavy atom. The third-order valence-corrected chi connectivity index (χ3v) is 14.9. The molecule has 0 radical (unpaired) electrons. The van der Waals surface area contributed by atoms with Crippen molar-refractivity contribution in [3.05, 3.63) is 41.6 Å². The van der Waals surface area contributed by atoms with Crippen LogP contribution in [0.5, 0.6) is 11.5 Å². The van der Waals surface area contributed by atoms with Crippen LogP contribution >= 0.6 is 0 Å². The Morgan fingerprint density at radius 1 is 1.09 bits per heavy atom. The SMILES string of the molecule is COc1ccc2nc(C)c3c(c2c1)CC[C@]1(C[C@H]2C(=O)N[C@]4(C(=O)NS(=O)(=O)C5(C)CC5)C[C@H]4/C=C\CCCCC[C@H](NC(=O)O[C@@H](C)C(C)C)C(=O)N2C1)O3. The Kier molecular flexibility index (Phi) is 10.5. The highest BCUT2D eigenvalue weighted by atomic mass is 32.2. The Balaban J connectivity index is 1.23. The van der Waals surface area contributed by atoms with Crippen molar-refractivity contribution in [3.8, 4) is 11.5 Å². The molecule has 5 aliphatic rings. The summed E-state index contributed by atoms with van der Waals surface area (Å²) in [5, 5.41) is 6.67. The van der Waals surface area contributed by atoms with E-state index in [1.54, 1.807) is 21.0 Å². The number of amides is 4. The summed E-state index contributed by atoms with van der Waals surface area (Å²) >= 11 is 0. The van der Waals surface area contributed by atoms with Crippen molar-refractivity contribution in [2.24, 2.45) is 11.8 Å². The molecule has 0 unspecified atom stereocenters. The number of pyridine rings is 1. The topological polar surface area (TPSA) is 182 Å². The smallest absolute Gasteiger partial charge is 0.408 e. The van der Waals surface area contributed by atoms with Crippen molar-refractivity contribution in [3.63, 3.8) is 0 Å². The molecule has 6 atom stereocenters. The number of ether oxygens (including phenoxy) is 3. The molecule has 7 rings (SSSR count). The lowest BCUT2D eigenvalue weighted by Crippen LogP contribution is -2.58. The first-order valence-electron chi connectivity index (χ1n) is 20.0. The summed E-state index contributed by atoms with van der Waals surface area (Å²) in [6.07, 6.45) is 8.25. The van der Waals surface area contributed by atoms with Gasteiger partial charge in [-0.2, -0.15) is 0 Å². The molecule has 3 N–H and O–H groups in total. The van der Waals surface area contributed by atoms with Crippen molar-refractivity contribution >= 4 is 44.7 Å². The summed E-state index contributed by atoms with van der Waals surface area (Å²) in [6.45, 7) is 9.19. The number of sulfonamides is 1. The first-order valence-corrected chi connectivity index (χ1v) is 21.5. The Bertz CT molecular complexity index is 2070. The normalized spacial score (nSPS) is 29.7. The number of methoxy groups -OCH3 is 1. The minimum absolute atomic E-state index is 0.0455. The second kappa shape index (κ2) is 14.8. The predicted molar refractivity (Wildman–Crippen MR) is 208 cm³/mol. The van der Waals surface area contributed by atoms with Gasteiger partial charge in [0.05, 0.1) is 29.6 Å². The number of allylic oxidation sites excluding steroid dienone is 1. The zero-order valence-electron chi connectivity index (χ0n) is 33.2. The molecule has 1 aromatic heterocycles. The maximum absolute atomic E-state index is 14.8. The number of nitrogens with one attached hydrogen (secondary N) is 3. The van der Waals surface area contributed by atoms with E-state index >= 15 is 0 Å². The Morgan fingerprint density at radius 3 is 2.57 bits per heavy atom. The molecule has 2 saturated carbocycles. The maximum atomic E-state index is 14.8. The van der Waals surface area contributed by atoms with E-state index in [1.807, 2.05) is 51.1 Å². The number of hydrogen-bond donors (Lipinski definition) is 3. The summed E-state index contributed by atoms with van der Waals surface area (Å²) in [5.41, 5.74) is -0.0603. The number of carbonyl (C=O) groups is 4. The van der Waals surface area contributed by atoms with Gasteiger partial charge < -0.3 is 29.7 Å². The van der Waals surface area contributed by atoms with Gasteiger partial charge >= 0.3 is 6.09 Å². The molecule has 4 amide bonds. The van der Waals surface area contributed by atoms with Crippen molar-refractivity contribution in [1.82, 2.24) is 25.2 Å². The van der Waals surface area contributed by atoms with Crippen LogP contribution in [0.2, 0.25) is 0 Å². The van der Waals surface area contributed by atoms with Crippen LogP contribution in [0.25, 0.3) is 10.9 Å². The fourth-order valence-electron chi connectivity index (χ4n) is 8.28. The van der Waals surface area contributed by atoms with Crippen LogP contribution in [0, 0.1) is 18.8 Å². The molecule has 1 spiro atoms. The summed E-state index contributed by atoms with van der Waals surface area (Å²) in [6, 6.07) is 3.62. The van der Waals surface area contributed by atoms with Crippen LogP contribution in [0.4, 0.5) is 4.79 Å². The van der Waals surface area contributed by atoms with Crippen molar-refractivity contribution in [2.45, 2.75) is 139 Å². The second-order valence-electron chi connectivity index (χ2n) is 17.1. The highest BCUT2D eigenvalue weighted by Crippen LogP contribution is 2.49. The van der Waals surface area contributed by atoms with Crippen molar-refractivity contribution in [2.75, 3.05) is 13.7 Å². The molecular formula is C41H55N5O9S. The van der Waals surface area contributed by atoms with Crippen LogP contribution in [-0.4, -0.2) is 89.8 Å². The Hall–Kier alpha value is -4.40. The largest absolute Gasteiger partial charge is 0.497 e. The van der Waals surface area contributed by atoms with E-state index in [0.29, 0.717) is 62.1 Å². The van der Waals surface area contributed by atoms with E-state index in [-0.39, 0.29) is 25.3 Å². The van der Waals surface area contributed by atoms with Crippen LogP contribution in [-0.2, 0) is 35.6 Å². The quantitative estimate of drug-likeness (QED) is 0.331. The fourth-order valence-corrected chi connectivity index (χ4v) is 9.59. The van der Waals surface area contributed by atoms with E-state index in [1.165, 1.54) is 4.90 Å². The zero-order chi connectivity index (χ0) is 40.2. The van der Waals surface area contributed by atoms with Crippen LogP contribution in [0.15, 0.2) is 30.4 Å². The maximum Gasteiger partial charge on any atom is 0.408 e. The van der Waals surface area contributed by atoms with Gasteiger partial charge in [0, 0.05) is 23.3 Å². The number of fused-ring (bicyclic) bond motifs is 5. The summed E-state index contributed by atoms with van der Waals surface area (Å²) < 4.78 is 45.7. The average Bonchev–Trinajstić information content (AvgIpc) is 4.04. The number of nitrogens with zero attached hydrogens (tertiary/aromatic N) is 2. The molecule has 4 heterocycles. The van der Waals surface area contributed by atoms with Crippen molar-refractivity contribution in [1.29, 1.82) is 0 Å². The molecule has 14 nitrogen and oxygen atoms in total. The number of benzene rings is 1. The molecule has 304 valence electrons. The van der Waals surface area contributed by atoms with Gasteiger partial charge in [0.1, 0.15) is 40.8 Å². The highest BCUT2D eigenvalue weighted by molar-refractivity contribution is 7.91. The minimum atomic E-state index is -3.99. The fraction of sp³-hybridized carbons (Fsp3) is 0.634. The zero-order valence-corrected chi connectivity index (χ0v) is 34.1. The van der Waals surface area contributed by atoms with Gasteiger partial charge in [-0.15, -0.1) is 0 Å². The van der Waals surface area contributed by atoms with Gasteiger partial charge in [-0.25, -0.2) is 18.2 Å². The second-order valence-corrected chi connectivity index (χ2v) is 19.3. The molecule has 15 heteroatoms. The predicted octanol–water partition coefficient (Wildman–Crippen LogP) is 4.75. The molecule has 2 aliphatic carbocycles. The van der Waals surface area contributed by atoms with E-state index in [0.717, 1.165) is 29.3 Å². The van der Waals surface area contributed by atoms with Gasteiger partial charge in [0.15, 0.2) is 0 Å². The van der Waals surface area contributed by atoms with E-state index in [4.69, 9.17) is 19.2 Å². The Labute approximate surface area is 328 Å². The molecule has 3 fully saturated rings. The number of rotatable bonds is 7. The number of hydrogen-bond acceptors (Lipinski definition) is 10. The van der Waals surface area contributed by atoms with Gasteiger partial charge in [0.2, 0.25) is 21.8 Å². The first-order chi connectivity index (χ1) is 26.5. The van der Waals surface area contributed by atoms with Gasteiger partial charge in [-0.05, 0) is 96.3 Å². The number of carbonyl (C=O) groups excluding carboxylic acids is 4. The monoisotopic (exact) mass is 793 g/mol. The molecular weight excluding hydrogens is 739 g/mol. The average molecular weight is 794 g/mol. The van der Waals surface area contributed by atoms with Gasteiger partial charge in [-0.3, -0.25) is 19.1 Å². The van der Waals surface area contributed by atoms with E-state index in [9.17, 15) is 27.6 Å². The molecule has 2 aromatic rings. The minimum Gasteiger partial charge on any atom is -0.497 e. The van der Waals surface area contributed by atoms with E-state index in [2.05, 4.69) is 15.4 Å².